The van der Waals surface area contributed by atoms with Crippen molar-refractivity contribution in [1.82, 2.24) is 5.32 Å². The maximum Gasteiger partial charge on any atom is 0.407 e. The van der Waals surface area contributed by atoms with Crippen molar-refractivity contribution >= 4 is 6.09 Å². The lowest BCUT2D eigenvalue weighted by molar-refractivity contribution is -0.0192. The highest BCUT2D eigenvalue weighted by Gasteiger charge is 2.33. The third kappa shape index (κ3) is 3.51. The molecule has 0 spiro atoms. The summed E-state index contributed by atoms with van der Waals surface area (Å²) >= 11 is 0. The lowest BCUT2D eigenvalue weighted by atomic mass is 9.78. The molecule has 2 atom stereocenters. The lowest BCUT2D eigenvalue weighted by Gasteiger charge is -2.38. The number of hydrogen-bond acceptors (Lipinski definition) is 3. The second-order valence-corrected chi connectivity index (χ2v) is 5.88. The predicted octanol–water partition coefficient (Wildman–Crippen LogP) is 2.73. The fraction of sp³-hybridized carbons (Fsp3) is 0.562. The summed E-state index contributed by atoms with van der Waals surface area (Å²) < 4.78 is 10.8. The summed E-state index contributed by atoms with van der Waals surface area (Å²) in [5, 5.41) is 3.00. The van der Waals surface area contributed by atoms with Gasteiger partial charge < -0.3 is 14.8 Å². The third-order valence-corrected chi connectivity index (χ3v) is 4.14. The molecule has 1 aliphatic heterocycles. The number of nitrogens with one attached hydrogen (secondary N) is 1. The van der Waals surface area contributed by atoms with Gasteiger partial charge in [0.05, 0.1) is 0 Å². The Morgan fingerprint density at radius 3 is 2.55 bits per heavy atom. The number of fused-ring (bicyclic) bond motifs is 2. The van der Waals surface area contributed by atoms with Crippen LogP contribution in [-0.4, -0.2) is 25.3 Å². The van der Waals surface area contributed by atoms with Gasteiger partial charge in [0.1, 0.15) is 6.61 Å². The largest absolute Gasteiger partial charge is 0.445 e. The minimum absolute atomic E-state index is 0.242. The van der Waals surface area contributed by atoms with Crippen molar-refractivity contribution in [2.24, 2.45) is 11.8 Å². The van der Waals surface area contributed by atoms with E-state index in [2.05, 4.69) is 5.32 Å². The molecular formula is C16H21NO3. The number of carbonyl (C=O) groups excluding carboxylic acids is 1. The third-order valence-electron chi connectivity index (χ3n) is 4.14. The first-order chi connectivity index (χ1) is 9.79. The Bertz CT molecular complexity index is 436. The standard InChI is InChI=1S/C16H21NO3/c18-16(20-11-12-4-2-1-3-5-12)17-15-7-13-6-14(8-15)10-19-9-13/h1-5,13-15H,6-11H2,(H,17,18). The first-order valence-electron chi connectivity index (χ1n) is 7.34. The Labute approximate surface area is 119 Å². The van der Waals surface area contributed by atoms with Crippen LogP contribution in [0.5, 0.6) is 0 Å². The molecule has 1 saturated carbocycles. The molecule has 0 aromatic heterocycles. The molecule has 1 aromatic carbocycles. The van der Waals surface area contributed by atoms with Crippen LogP contribution in [0.1, 0.15) is 24.8 Å². The topological polar surface area (TPSA) is 47.6 Å². The van der Waals surface area contributed by atoms with Crippen molar-refractivity contribution in [2.45, 2.75) is 31.9 Å². The first kappa shape index (κ1) is 13.4. The molecule has 2 bridgehead atoms. The van der Waals surface area contributed by atoms with Crippen LogP contribution in [0.25, 0.3) is 0 Å². The van der Waals surface area contributed by atoms with E-state index >= 15 is 0 Å². The second-order valence-electron chi connectivity index (χ2n) is 5.88. The van der Waals surface area contributed by atoms with Gasteiger partial charge in [0.25, 0.3) is 0 Å². The van der Waals surface area contributed by atoms with Gasteiger partial charge in [-0.2, -0.15) is 0 Å². The highest BCUT2D eigenvalue weighted by Crippen LogP contribution is 2.33. The summed E-state index contributed by atoms with van der Waals surface area (Å²) in [7, 11) is 0. The van der Waals surface area contributed by atoms with E-state index in [0.717, 1.165) is 31.6 Å². The van der Waals surface area contributed by atoms with Crippen LogP contribution in [0.2, 0.25) is 0 Å². The number of rotatable bonds is 3. The van der Waals surface area contributed by atoms with Gasteiger partial charge >= 0.3 is 6.09 Å². The Hall–Kier alpha value is -1.55. The molecule has 2 fully saturated rings. The molecule has 1 N–H and O–H groups in total. The van der Waals surface area contributed by atoms with Gasteiger partial charge in [-0.15, -0.1) is 0 Å². The van der Waals surface area contributed by atoms with E-state index in [1.54, 1.807) is 0 Å². The number of ether oxygens (including phenoxy) is 2. The Balaban J connectivity index is 1.44. The summed E-state index contributed by atoms with van der Waals surface area (Å²) in [5.74, 6) is 1.20. The molecule has 4 nitrogen and oxygen atoms in total. The SMILES string of the molecule is O=C(NC1CC2COCC(C2)C1)OCc1ccccc1. The number of carbonyl (C=O) groups is 1. The van der Waals surface area contributed by atoms with E-state index in [9.17, 15) is 4.79 Å². The van der Waals surface area contributed by atoms with Crippen LogP contribution in [0.4, 0.5) is 4.79 Å². The lowest BCUT2D eigenvalue weighted by Crippen LogP contribution is -2.45. The van der Waals surface area contributed by atoms with Crippen molar-refractivity contribution in [3.8, 4) is 0 Å². The van der Waals surface area contributed by atoms with Gasteiger partial charge in [-0.1, -0.05) is 30.3 Å². The van der Waals surface area contributed by atoms with Gasteiger partial charge in [0.15, 0.2) is 0 Å². The molecule has 4 heteroatoms. The molecule has 1 heterocycles. The zero-order chi connectivity index (χ0) is 13.8. The monoisotopic (exact) mass is 275 g/mol. The van der Waals surface area contributed by atoms with E-state index in [-0.39, 0.29) is 12.1 Å². The normalized spacial score (nSPS) is 28.7. The second kappa shape index (κ2) is 6.27. The van der Waals surface area contributed by atoms with Crippen molar-refractivity contribution in [2.75, 3.05) is 13.2 Å². The minimum Gasteiger partial charge on any atom is -0.445 e. The number of alkyl carbamates (subject to hydrolysis) is 1. The van der Waals surface area contributed by atoms with E-state index in [0.29, 0.717) is 18.4 Å². The van der Waals surface area contributed by atoms with E-state index in [1.165, 1.54) is 6.42 Å². The molecule has 0 radical (unpaired) electrons. The van der Waals surface area contributed by atoms with Gasteiger partial charge in [-0.25, -0.2) is 4.79 Å². The Morgan fingerprint density at radius 1 is 1.15 bits per heavy atom. The average Bonchev–Trinajstić information content (AvgIpc) is 2.46. The van der Waals surface area contributed by atoms with Crippen molar-refractivity contribution in [3.63, 3.8) is 0 Å². The number of benzene rings is 1. The van der Waals surface area contributed by atoms with Crippen LogP contribution >= 0.6 is 0 Å². The highest BCUT2D eigenvalue weighted by atomic mass is 16.5. The molecule has 20 heavy (non-hydrogen) atoms. The van der Waals surface area contributed by atoms with Crippen LogP contribution in [0, 0.1) is 11.8 Å². The summed E-state index contributed by atoms with van der Waals surface area (Å²) in [6, 6.07) is 9.99. The van der Waals surface area contributed by atoms with E-state index in [4.69, 9.17) is 9.47 Å². The maximum absolute atomic E-state index is 11.8. The quantitative estimate of drug-likeness (QED) is 0.922. The van der Waals surface area contributed by atoms with Crippen LogP contribution in [0.15, 0.2) is 30.3 Å². The molecule has 3 rings (SSSR count). The van der Waals surface area contributed by atoms with Gasteiger partial charge in [-0.3, -0.25) is 0 Å². The van der Waals surface area contributed by atoms with Crippen molar-refractivity contribution < 1.29 is 14.3 Å². The van der Waals surface area contributed by atoms with E-state index in [1.807, 2.05) is 30.3 Å². The smallest absolute Gasteiger partial charge is 0.407 e. The molecule has 1 amide bonds. The van der Waals surface area contributed by atoms with E-state index < -0.39 is 0 Å². The molecule has 108 valence electrons. The van der Waals surface area contributed by atoms with Gasteiger partial charge in [-0.05, 0) is 36.7 Å². The van der Waals surface area contributed by atoms with Crippen molar-refractivity contribution in [3.05, 3.63) is 35.9 Å². The van der Waals surface area contributed by atoms with Crippen LogP contribution in [0.3, 0.4) is 0 Å². The molecule has 2 unspecified atom stereocenters. The van der Waals surface area contributed by atoms with Crippen LogP contribution < -0.4 is 5.32 Å². The maximum atomic E-state index is 11.8. The average molecular weight is 275 g/mol. The Morgan fingerprint density at radius 2 is 1.85 bits per heavy atom. The fourth-order valence-electron chi connectivity index (χ4n) is 3.29. The molecule has 1 aromatic rings. The summed E-state index contributed by atoms with van der Waals surface area (Å²) in [4.78, 5) is 11.8. The zero-order valence-electron chi connectivity index (χ0n) is 11.6. The zero-order valence-corrected chi connectivity index (χ0v) is 11.6. The Kier molecular flexibility index (Phi) is 4.21. The predicted molar refractivity (Wildman–Crippen MR) is 75.2 cm³/mol. The summed E-state index contributed by atoms with van der Waals surface area (Å²) in [5.41, 5.74) is 1.01. The highest BCUT2D eigenvalue weighted by molar-refractivity contribution is 5.67. The van der Waals surface area contributed by atoms with Crippen molar-refractivity contribution in [1.29, 1.82) is 0 Å². The molecule has 1 aliphatic carbocycles. The minimum atomic E-state index is -0.306. The summed E-state index contributed by atoms with van der Waals surface area (Å²) in [6.45, 7) is 2.01. The molecular weight excluding hydrogens is 254 g/mol. The van der Waals surface area contributed by atoms with Gasteiger partial charge in [0.2, 0.25) is 0 Å². The molecule has 1 saturated heterocycles. The molecule has 2 aliphatic rings. The van der Waals surface area contributed by atoms with Gasteiger partial charge in [0, 0.05) is 19.3 Å². The summed E-state index contributed by atoms with van der Waals surface area (Å²) in [6.07, 6.45) is 2.96. The number of amides is 1. The number of hydrogen-bond donors (Lipinski definition) is 1. The first-order valence-corrected chi connectivity index (χ1v) is 7.34. The fourth-order valence-corrected chi connectivity index (χ4v) is 3.29. The van der Waals surface area contributed by atoms with Crippen LogP contribution in [-0.2, 0) is 16.1 Å².